The van der Waals surface area contributed by atoms with Crippen LogP contribution in [0.3, 0.4) is 0 Å². The first kappa shape index (κ1) is 38.3. The molecule has 1 aromatic heterocycles. The number of aromatic nitrogens is 3. The van der Waals surface area contributed by atoms with Crippen molar-refractivity contribution < 1.29 is 24.2 Å². The summed E-state index contributed by atoms with van der Waals surface area (Å²) >= 11 is 3.73. The SMILES string of the molecule is COc1ccc([Si](C)(C)[C@H]2[C@H](CCn3cc(C(CO)c4ccccc4)nn3)O[C@@]3(C(=O)N(Cc4cccc(N5CCCC5=O)c4)c4ccc(Br)cc43)[C@@H]2C)cc1. The van der Waals surface area contributed by atoms with E-state index < -0.39 is 13.7 Å². The fourth-order valence-corrected chi connectivity index (χ4v) is 14.0. The van der Waals surface area contributed by atoms with E-state index in [0.29, 0.717) is 38.2 Å². The van der Waals surface area contributed by atoms with Gasteiger partial charge in [0.05, 0.1) is 51.7 Å². The van der Waals surface area contributed by atoms with E-state index in [9.17, 15) is 9.90 Å². The van der Waals surface area contributed by atoms with E-state index in [0.717, 1.165) is 44.7 Å². The summed E-state index contributed by atoms with van der Waals surface area (Å²) in [6.45, 7) is 8.48. The molecule has 5 atom stereocenters. The molecule has 56 heavy (non-hydrogen) atoms. The van der Waals surface area contributed by atoms with E-state index in [1.54, 1.807) is 7.11 Å². The maximum Gasteiger partial charge on any atom is 0.264 e. The van der Waals surface area contributed by atoms with Gasteiger partial charge >= 0.3 is 0 Å². The largest absolute Gasteiger partial charge is 0.497 e. The summed E-state index contributed by atoms with van der Waals surface area (Å²) in [6, 6.07) is 32.3. The van der Waals surface area contributed by atoms with Gasteiger partial charge in [-0.15, -0.1) is 5.10 Å². The molecular formula is C44H48BrN5O5Si. The van der Waals surface area contributed by atoms with Crippen LogP contribution in [-0.4, -0.2) is 66.4 Å². The van der Waals surface area contributed by atoms with Crippen LogP contribution in [0.15, 0.2) is 108 Å². The average Bonchev–Trinajstić information content (AvgIpc) is 3.98. The van der Waals surface area contributed by atoms with E-state index in [2.05, 4.69) is 64.5 Å². The second-order valence-corrected chi connectivity index (χ2v) is 21.5. The van der Waals surface area contributed by atoms with Crippen LogP contribution in [-0.2, 0) is 33.0 Å². The number of ether oxygens (including phenoxy) is 2. The van der Waals surface area contributed by atoms with Gasteiger partial charge in [0.15, 0.2) is 5.60 Å². The number of aryl methyl sites for hydroxylation is 1. The molecule has 12 heteroatoms. The number of carbonyl (C=O) groups excluding carboxylic acids is 2. The molecule has 0 radical (unpaired) electrons. The smallest absolute Gasteiger partial charge is 0.264 e. The number of amides is 2. The van der Waals surface area contributed by atoms with Crippen LogP contribution in [0.25, 0.3) is 0 Å². The number of rotatable bonds is 12. The van der Waals surface area contributed by atoms with Gasteiger partial charge in [-0.3, -0.25) is 14.3 Å². The highest BCUT2D eigenvalue weighted by molar-refractivity contribution is 9.10. The number of anilines is 2. The third kappa shape index (κ3) is 6.70. The number of aliphatic hydroxyl groups is 1. The Balaban J connectivity index is 1.15. The number of carbonyl (C=O) groups is 2. The van der Waals surface area contributed by atoms with Gasteiger partial charge < -0.3 is 24.4 Å². The molecule has 0 saturated carbocycles. The molecule has 4 aromatic carbocycles. The van der Waals surface area contributed by atoms with E-state index in [4.69, 9.17) is 9.47 Å². The van der Waals surface area contributed by atoms with Gasteiger partial charge in [0.25, 0.3) is 5.91 Å². The minimum atomic E-state index is -2.37. The fraction of sp³-hybridized carbons (Fsp3) is 0.364. The molecule has 3 aliphatic heterocycles. The maximum absolute atomic E-state index is 15.3. The number of aliphatic hydroxyl groups excluding tert-OH is 1. The number of fused-ring (bicyclic) bond motifs is 2. The quantitative estimate of drug-likeness (QED) is 0.133. The van der Waals surface area contributed by atoms with E-state index >= 15 is 4.79 Å². The van der Waals surface area contributed by atoms with E-state index in [1.807, 2.05) is 99.5 Å². The third-order valence-corrected chi connectivity index (χ3v) is 17.2. The highest BCUT2D eigenvalue weighted by Gasteiger charge is 2.66. The lowest BCUT2D eigenvalue weighted by Gasteiger charge is -2.37. The molecule has 3 aliphatic rings. The Hall–Kier alpha value is -4.62. The highest BCUT2D eigenvalue weighted by Crippen LogP contribution is 2.60. The van der Waals surface area contributed by atoms with Crippen LogP contribution in [0.4, 0.5) is 11.4 Å². The Kier molecular flexibility index (Phi) is 10.5. The van der Waals surface area contributed by atoms with Crippen molar-refractivity contribution in [2.45, 2.75) is 75.5 Å². The fourth-order valence-electron chi connectivity index (χ4n) is 9.54. The highest BCUT2D eigenvalue weighted by atomic mass is 79.9. The lowest BCUT2D eigenvalue weighted by atomic mass is 9.82. The molecular weight excluding hydrogens is 787 g/mol. The second kappa shape index (κ2) is 15.4. The molecule has 8 rings (SSSR count). The van der Waals surface area contributed by atoms with Crippen LogP contribution in [0.1, 0.15) is 54.5 Å². The predicted octanol–water partition coefficient (Wildman–Crippen LogP) is 7.15. The lowest BCUT2D eigenvalue weighted by molar-refractivity contribution is -0.146. The summed E-state index contributed by atoms with van der Waals surface area (Å²) in [6.07, 6.45) is 3.67. The summed E-state index contributed by atoms with van der Waals surface area (Å²) < 4.78 is 15.6. The van der Waals surface area contributed by atoms with Crippen LogP contribution in [0, 0.1) is 5.92 Å². The Labute approximate surface area is 337 Å². The molecule has 2 fully saturated rings. The van der Waals surface area contributed by atoms with Crippen molar-refractivity contribution in [1.29, 1.82) is 0 Å². The second-order valence-electron chi connectivity index (χ2n) is 15.9. The molecule has 2 saturated heterocycles. The van der Waals surface area contributed by atoms with Gasteiger partial charge in [-0.1, -0.05) is 101 Å². The topological polar surface area (TPSA) is 110 Å². The monoisotopic (exact) mass is 833 g/mol. The first-order valence-corrected chi connectivity index (χ1v) is 23.3. The molecule has 5 aromatic rings. The average molecular weight is 835 g/mol. The van der Waals surface area contributed by atoms with Crippen molar-refractivity contribution in [3.63, 3.8) is 0 Å². The molecule has 1 spiro atoms. The van der Waals surface area contributed by atoms with Crippen molar-refractivity contribution in [1.82, 2.24) is 15.0 Å². The maximum atomic E-state index is 15.3. The van der Waals surface area contributed by atoms with Gasteiger partial charge in [0.2, 0.25) is 5.91 Å². The zero-order chi connectivity index (χ0) is 39.2. The van der Waals surface area contributed by atoms with Crippen molar-refractivity contribution >= 4 is 52.4 Å². The van der Waals surface area contributed by atoms with Crippen LogP contribution >= 0.6 is 15.9 Å². The number of hydrogen-bond acceptors (Lipinski definition) is 7. The first-order chi connectivity index (χ1) is 27.0. The normalized spacial score (nSPS) is 22.6. The molecule has 2 amide bonds. The van der Waals surface area contributed by atoms with Crippen molar-refractivity contribution in [3.8, 4) is 5.75 Å². The summed E-state index contributed by atoms with van der Waals surface area (Å²) in [5.41, 5.74) is 4.06. The predicted molar refractivity (Wildman–Crippen MR) is 223 cm³/mol. The van der Waals surface area contributed by atoms with Crippen molar-refractivity contribution in [3.05, 3.63) is 130 Å². The van der Waals surface area contributed by atoms with Crippen LogP contribution in [0.2, 0.25) is 18.6 Å². The molecule has 10 nitrogen and oxygen atoms in total. The molecule has 0 aliphatic carbocycles. The van der Waals surface area contributed by atoms with Gasteiger partial charge in [0, 0.05) is 47.3 Å². The van der Waals surface area contributed by atoms with Gasteiger partial charge in [-0.2, -0.15) is 0 Å². The summed E-state index contributed by atoms with van der Waals surface area (Å²) in [5.74, 6) is 0.426. The van der Waals surface area contributed by atoms with Crippen molar-refractivity contribution in [2.24, 2.45) is 5.92 Å². The number of nitrogens with zero attached hydrogens (tertiary/aromatic N) is 5. The zero-order valence-electron chi connectivity index (χ0n) is 32.3. The molecule has 1 unspecified atom stereocenters. The van der Waals surface area contributed by atoms with Crippen LogP contribution in [0.5, 0.6) is 5.75 Å². The standard InChI is InChI=1S/C44H48BrN5O5Si/c1-29-42(56(3,4)35-18-16-34(54-2)17-19-35)40(21-23-48-27-38(46-47-48)36(28-51)31-11-6-5-7-12-31)55-44(29)37-25-32(45)15-20-39(37)50(43(44)53)26-30-10-8-13-33(24-30)49-22-9-14-41(49)52/h5-8,10-13,15-20,24-25,27,29,36,40,42,51H,9,14,21-23,26,28H2,1-4H3/t29-,36?,40+,42-,44+/m1/s1. The van der Waals surface area contributed by atoms with E-state index in [-0.39, 0.29) is 41.9 Å². The first-order valence-electron chi connectivity index (χ1n) is 19.4. The molecule has 290 valence electrons. The third-order valence-electron chi connectivity index (χ3n) is 12.4. The summed E-state index contributed by atoms with van der Waals surface area (Å²) in [4.78, 5) is 31.7. The van der Waals surface area contributed by atoms with Gasteiger partial charge in [-0.05, 0) is 72.0 Å². The minimum Gasteiger partial charge on any atom is -0.497 e. The minimum absolute atomic E-state index is 0.0497. The van der Waals surface area contributed by atoms with Crippen LogP contribution < -0.4 is 19.7 Å². The summed E-state index contributed by atoms with van der Waals surface area (Å²) in [5, 5.41) is 20.6. The number of methoxy groups -OCH3 is 1. The number of benzene rings is 4. The van der Waals surface area contributed by atoms with Gasteiger partial charge in [0.1, 0.15) is 5.75 Å². The Morgan fingerprint density at radius 1 is 1.02 bits per heavy atom. The molecule has 4 heterocycles. The Morgan fingerprint density at radius 2 is 1.80 bits per heavy atom. The zero-order valence-corrected chi connectivity index (χ0v) is 34.9. The lowest BCUT2D eigenvalue weighted by Crippen LogP contribution is -2.51. The van der Waals surface area contributed by atoms with Crippen molar-refractivity contribution in [2.75, 3.05) is 30.1 Å². The number of hydrogen-bond donors (Lipinski definition) is 1. The number of halogens is 1. The van der Waals surface area contributed by atoms with E-state index in [1.165, 1.54) is 5.19 Å². The summed E-state index contributed by atoms with van der Waals surface area (Å²) in [7, 11) is -0.693. The van der Waals surface area contributed by atoms with Gasteiger partial charge in [-0.25, -0.2) is 0 Å². The Bertz CT molecular complexity index is 2230. The Morgan fingerprint density at radius 3 is 2.52 bits per heavy atom. The molecule has 1 N–H and O–H groups in total. The molecule has 0 bridgehead atoms.